The molecule has 5 nitrogen and oxygen atoms in total. The van der Waals surface area contributed by atoms with Gasteiger partial charge in [0.15, 0.2) is 0 Å². The molecule has 2 N–H and O–H groups in total. The maximum atomic E-state index is 12.3. The van der Waals surface area contributed by atoms with Crippen LogP contribution >= 0.6 is 11.6 Å². The van der Waals surface area contributed by atoms with Crippen molar-refractivity contribution in [1.82, 2.24) is 9.97 Å². The molecule has 1 aromatic heterocycles. The van der Waals surface area contributed by atoms with Crippen LogP contribution in [0.3, 0.4) is 0 Å². The summed E-state index contributed by atoms with van der Waals surface area (Å²) in [6.07, 6.45) is 2.99. The highest BCUT2D eigenvalue weighted by Crippen LogP contribution is 2.20. The number of aryl methyl sites for hydroxylation is 1. The number of rotatable bonds is 5. The molecule has 0 saturated heterocycles. The number of carbonyl (C=O) groups excluding carboxylic acids is 1. The molecule has 0 unspecified atom stereocenters. The molecule has 0 radical (unpaired) electrons. The first-order valence-corrected chi connectivity index (χ1v) is 8.17. The van der Waals surface area contributed by atoms with Gasteiger partial charge in [0, 0.05) is 17.3 Å². The zero-order chi connectivity index (χ0) is 17.6. The fourth-order valence-corrected chi connectivity index (χ4v) is 2.41. The first-order chi connectivity index (χ1) is 12.1. The van der Waals surface area contributed by atoms with Gasteiger partial charge >= 0.3 is 0 Å². The first kappa shape index (κ1) is 16.9. The van der Waals surface area contributed by atoms with Crippen LogP contribution in [-0.4, -0.2) is 15.9 Å². The smallest absolute Gasteiger partial charge is 0.275 e. The Labute approximate surface area is 151 Å². The topological polar surface area (TPSA) is 66.9 Å². The Morgan fingerprint density at radius 2 is 1.88 bits per heavy atom. The van der Waals surface area contributed by atoms with E-state index < -0.39 is 0 Å². The summed E-state index contributed by atoms with van der Waals surface area (Å²) >= 11 is 5.96. The van der Waals surface area contributed by atoms with E-state index in [0.717, 1.165) is 11.1 Å². The summed E-state index contributed by atoms with van der Waals surface area (Å²) in [6.45, 7) is 2.54. The maximum Gasteiger partial charge on any atom is 0.275 e. The minimum atomic E-state index is -0.326. The number of carbonyl (C=O) groups is 1. The monoisotopic (exact) mass is 352 g/mol. The molecule has 3 aromatic rings. The van der Waals surface area contributed by atoms with E-state index in [1.54, 1.807) is 18.3 Å². The number of anilines is 2. The Bertz CT molecular complexity index is 866. The van der Waals surface area contributed by atoms with E-state index in [-0.39, 0.29) is 11.6 Å². The van der Waals surface area contributed by atoms with Crippen molar-refractivity contribution in [1.29, 1.82) is 0 Å². The van der Waals surface area contributed by atoms with Crippen molar-refractivity contribution in [3.8, 4) is 0 Å². The molecule has 0 saturated carbocycles. The summed E-state index contributed by atoms with van der Waals surface area (Å²) in [4.78, 5) is 20.7. The SMILES string of the molecule is Cc1ccc(Cl)cc1NC(=O)c1cnc(NCc2ccccc2)cn1. The summed E-state index contributed by atoms with van der Waals surface area (Å²) in [5.41, 5.74) is 2.96. The standard InChI is InChI=1S/C19H17ClN4O/c1-13-7-8-15(20)9-16(13)24-19(25)17-11-23-18(12-21-17)22-10-14-5-3-2-4-6-14/h2-9,11-12H,10H2,1H3,(H,22,23)(H,24,25). The number of benzene rings is 2. The second kappa shape index (κ2) is 7.77. The number of nitrogens with zero attached hydrogens (tertiary/aromatic N) is 2. The molecule has 0 bridgehead atoms. The number of aromatic nitrogens is 2. The molecule has 2 aromatic carbocycles. The van der Waals surface area contributed by atoms with Gasteiger partial charge in [-0.05, 0) is 30.2 Å². The lowest BCUT2D eigenvalue weighted by atomic mass is 10.2. The predicted molar refractivity (Wildman–Crippen MR) is 99.9 cm³/mol. The Kier molecular flexibility index (Phi) is 5.26. The highest BCUT2D eigenvalue weighted by Gasteiger charge is 2.10. The van der Waals surface area contributed by atoms with E-state index >= 15 is 0 Å². The summed E-state index contributed by atoms with van der Waals surface area (Å²) < 4.78 is 0. The van der Waals surface area contributed by atoms with E-state index in [4.69, 9.17) is 11.6 Å². The van der Waals surface area contributed by atoms with Crippen LogP contribution in [0.4, 0.5) is 11.5 Å². The van der Waals surface area contributed by atoms with E-state index in [1.165, 1.54) is 6.20 Å². The van der Waals surface area contributed by atoms with Crippen molar-refractivity contribution < 1.29 is 4.79 Å². The average Bonchev–Trinajstić information content (AvgIpc) is 2.64. The molecule has 126 valence electrons. The van der Waals surface area contributed by atoms with Gasteiger partial charge in [0.05, 0.1) is 12.4 Å². The maximum absolute atomic E-state index is 12.3. The van der Waals surface area contributed by atoms with Crippen LogP contribution in [0.1, 0.15) is 21.6 Å². The lowest BCUT2D eigenvalue weighted by molar-refractivity contribution is 0.102. The minimum absolute atomic E-state index is 0.240. The largest absolute Gasteiger partial charge is 0.365 e. The van der Waals surface area contributed by atoms with Crippen molar-refractivity contribution >= 4 is 29.0 Å². The van der Waals surface area contributed by atoms with Gasteiger partial charge < -0.3 is 10.6 Å². The Morgan fingerprint density at radius 3 is 2.60 bits per heavy atom. The number of halogens is 1. The second-order valence-corrected chi connectivity index (χ2v) is 5.98. The van der Waals surface area contributed by atoms with Gasteiger partial charge in [0.2, 0.25) is 0 Å². The van der Waals surface area contributed by atoms with Gasteiger partial charge in [-0.25, -0.2) is 9.97 Å². The first-order valence-electron chi connectivity index (χ1n) is 7.79. The normalized spacial score (nSPS) is 10.3. The molecule has 3 rings (SSSR count). The van der Waals surface area contributed by atoms with Crippen LogP contribution in [0.15, 0.2) is 60.9 Å². The molecule has 0 fully saturated rings. The summed E-state index contributed by atoms with van der Waals surface area (Å²) in [5.74, 6) is 0.284. The third-order valence-corrected chi connectivity index (χ3v) is 3.88. The molecular formula is C19H17ClN4O. The van der Waals surface area contributed by atoms with Crippen molar-refractivity contribution in [2.75, 3.05) is 10.6 Å². The number of nitrogens with one attached hydrogen (secondary N) is 2. The van der Waals surface area contributed by atoms with Gasteiger partial charge in [-0.2, -0.15) is 0 Å². The van der Waals surface area contributed by atoms with Crippen LogP contribution in [0.2, 0.25) is 5.02 Å². The fourth-order valence-electron chi connectivity index (χ4n) is 2.24. The molecule has 6 heteroatoms. The van der Waals surface area contributed by atoms with Crippen LogP contribution in [0.25, 0.3) is 0 Å². The van der Waals surface area contributed by atoms with Crippen molar-refractivity contribution in [3.63, 3.8) is 0 Å². The number of hydrogen-bond donors (Lipinski definition) is 2. The van der Waals surface area contributed by atoms with Gasteiger partial charge in [-0.15, -0.1) is 0 Å². The number of hydrogen-bond acceptors (Lipinski definition) is 4. The van der Waals surface area contributed by atoms with Gasteiger partial charge in [-0.3, -0.25) is 4.79 Å². The van der Waals surface area contributed by atoms with Crippen molar-refractivity contribution in [2.24, 2.45) is 0 Å². The highest BCUT2D eigenvalue weighted by molar-refractivity contribution is 6.31. The van der Waals surface area contributed by atoms with E-state index in [0.29, 0.717) is 23.1 Å². The van der Waals surface area contributed by atoms with Gasteiger partial charge in [0.25, 0.3) is 5.91 Å². The van der Waals surface area contributed by atoms with E-state index in [9.17, 15) is 4.79 Å². The highest BCUT2D eigenvalue weighted by atomic mass is 35.5. The van der Waals surface area contributed by atoms with Crippen LogP contribution < -0.4 is 10.6 Å². The summed E-state index contributed by atoms with van der Waals surface area (Å²) in [7, 11) is 0. The van der Waals surface area contributed by atoms with E-state index in [1.807, 2.05) is 43.3 Å². The predicted octanol–water partition coefficient (Wildman–Crippen LogP) is 4.30. The molecule has 0 aliphatic rings. The van der Waals surface area contributed by atoms with Gasteiger partial charge in [-0.1, -0.05) is 48.0 Å². The van der Waals surface area contributed by atoms with Crippen LogP contribution in [0, 0.1) is 6.92 Å². The molecule has 25 heavy (non-hydrogen) atoms. The Balaban J connectivity index is 1.63. The quantitative estimate of drug-likeness (QED) is 0.718. The van der Waals surface area contributed by atoms with Crippen molar-refractivity contribution in [3.05, 3.63) is 82.8 Å². The Hall–Kier alpha value is -2.92. The fraction of sp³-hybridized carbons (Fsp3) is 0.105. The average molecular weight is 353 g/mol. The number of amides is 1. The second-order valence-electron chi connectivity index (χ2n) is 5.54. The molecule has 0 atom stereocenters. The van der Waals surface area contributed by atoms with Gasteiger partial charge in [0.1, 0.15) is 11.5 Å². The molecular weight excluding hydrogens is 336 g/mol. The molecule has 0 spiro atoms. The molecule has 1 heterocycles. The van der Waals surface area contributed by atoms with E-state index in [2.05, 4.69) is 20.6 Å². The van der Waals surface area contributed by atoms with Crippen LogP contribution in [-0.2, 0) is 6.54 Å². The summed E-state index contributed by atoms with van der Waals surface area (Å²) in [5, 5.41) is 6.53. The van der Waals surface area contributed by atoms with Crippen LogP contribution in [0.5, 0.6) is 0 Å². The van der Waals surface area contributed by atoms with Crippen molar-refractivity contribution in [2.45, 2.75) is 13.5 Å². The zero-order valence-corrected chi connectivity index (χ0v) is 14.4. The Morgan fingerprint density at radius 1 is 1.08 bits per heavy atom. The molecule has 0 aliphatic heterocycles. The minimum Gasteiger partial charge on any atom is -0.365 e. The lowest BCUT2D eigenvalue weighted by Crippen LogP contribution is -2.15. The zero-order valence-electron chi connectivity index (χ0n) is 13.7. The third-order valence-electron chi connectivity index (χ3n) is 3.65. The molecule has 1 amide bonds. The third kappa shape index (κ3) is 4.55. The lowest BCUT2D eigenvalue weighted by Gasteiger charge is -2.09. The molecule has 0 aliphatic carbocycles. The summed E-state index contributed by atoms with van der Waals surface area (Å²) in [6, 6.07) is 15.3.